The molecule has 0 amide bonds. The van der Waals surface area contributed by atoms with Gasteiger partial charge in [-0.05, 0) is 61.1 Å². The fourth-order valence-electron chi connectivity index (χ4n) is 5.07. The molecule has 0 heterocycles. The molecular formula is C35H32. The first-order valence-electron chi connectivity index (χ1n) is 12.4. The largest absolute Gasteiger partial charge is 0.0701 e. The maximum Gasteiger partial charge on any atom is 0.0701 e. The van der Waals surface area contributed by atoms with E-state index in [2.05, 4.69) is 149 Å². The van der Waals surface area contributed by atoms with Crippen LogP contribution in [0.2, 0.25) is 0 Å². The van der Waals surface area contributed by atoms with E-state index >= 15 is 0 Å². The number of rotatable bonds is 5. The molecule has 0 nitrogen and oxygen atoms in total. The van der Waals surface area contributed by atoms with Crippen LogP contribution in [0.5, 0.6) is 0 Å². The zero-order valence-electron chi connectivity index (χ0n) is 21.0. The summed E-state index contributed by atoms with van der Waals surface area (Å²) in [6.07, 6.45) is 0. The molecule has 0 saturated carbocycles. The molecule has 0 saturated heterocycles. The molecule has 0 unspecified atom stereocenters. The molecule has 0 bridgehead atoms. The molecule has 5 aromatic rings. The monoisotopic (exact) mass is 452 g/mol. The highest BCUT2D eigenvalue weighted by molar-refractivity contribution is 5.67. The summed E-state index contributed by atoms with van der Waals surface area (Å²) in [5, 5.41) is 0. The van der Waals surface area contributed by atoms with Crippen molar-refractivity contribution in [2.75, 3.05) is 0 Å². The SMILES string of the molecule is Cc1ccc(-c2ccc(C(c3ccc(C)cc3)(c3ccc(C)cc3)c3ccc(C)cc3)cc2)cc1. The Morgan fingerprint density at radius 1 is 0.286 bits per heavy atom. The van der Waals surface area contributed by atoms with E-state index < -0.39 is 5.41 Å². The standard InChI is InChI=1S/C35H32/c1-25-5-13-29(14-6-25)30-15-23-34(24-16-30)35(31-17-7-26(2)8-18-31,32-19-9-27(3)10-20-32)33-21-11-28(4)12-22-33/h5-24H,1-4H3. The molecule has 0 aliphatic heterocycles. The van der Waals surface area contributed by atoms with Crippen LogP contribution in [0.4, 0.5) is 0 Å². The molecular weight excluding hydrogens is 420 g/mol. The smallest absolute Gasteiger partial charge is 0.0590 e. The first-order chi connectivity index (χ1) is 17.0. The Balaban J connectivity index is 1.78. The molecule has 5 rings (SSSR count). The Hall–Kier alpha value is -3.90. The molecule has 172 valence electrons. The summed E-state index contributed by atoms with van der Waals surface area (Å²) < 4.78 is 0. The van der Waals surface area contributed by atoms with Crippen molar-refractivity contribution in [2.24, 2.45) is 0 Å². The van der Waals surface area contributed by atoms with Crippen molar-refractivity contribution in [3.63, 3.8) is 0 Å². The van der Waals surface area contributed by atoms with E-state index in [1.165, 1.54) is 55.6 Å². The molecule has 0 atom stereocenters. The molecule has 35 heavy (non-hydrogen) atoms. The van der Waals surface area contributed by atoms with Crippen molar-refractivity contribution >= 4 is 0 Å². The summed E-state index contributed by atoms with van der Waals surface area (Å²) >= 11 is 0. The molecule has 0 spiro atoms. The minimum absolute atomic E-state index is 0.416. The lowest BCUT2D eigenvalue weighted by atomic mass is 9.65. The van der Waals surface area contributed by atoms with Crippen LogP contribution in [0.25, 0.3) is 11.1 Å². The highest BCUT2D eigenvalue weighted by Crippen LogP contribution is 2.45. The number of hydrogen-bond acceptors (Lipinski definition) is 0. The van der Waals surface area contributed by atoms with Gasteiger partial charge in [0.05, 0.1) is 5.41 Å². The Morgan fingerprint density at radius 2 is 0.486 bits per heavy atom. The van der Waals surface area contributed by atoms with Gasteiger partial charge in [0, 0.05) is 0 Å². The van der Waals surface area contributed by atoms with Gasteiger partial charge in [-0.3, -0.25) is 0 Å². The van der Waals surface area contributed by atoms with Gasteiger partial charge in [0.15, 0.2) is 0 Å². The first kappa shape index (κ1) is 22.9. The Bertz CT molecular complexity index is 1290. The zero-order valence-corrected chi connectivity index (χ0v) is 21.0. The van der Waals surface area contributed by atoms with Gasteiger partial charge in [-0.1, -0.05) is 144 Å². The summed E-state index contributed by atoms with van der Waals surface area (Å²) in [6.45, 7) is 8.59. The molecule has 0 aliphatic carbocycles. The maximum atomic E-state index is 2.31. The average molecular weight is 453 g/mol. The highest BCUT2D eigenvalue weighted by atomic mass is 14.4. The predicted octanol–water partition coefficient (Wildman–Crippen LogP) is 8.97. The topological polar surface area (TPSA) is 0 Å². The summed E-state index contributed by atoms with van der Waals surface area (Å²) in [4.78, 5) is 0. The van der Waals surface area contributed by atoms with Crippen LogP contribution in [-0.2, 0) is 5.41 Å². The third-order valence-electron chi connectivity index (χ3n) is 7.16. The van der Waals surface area contributed by atoms with Crippen LogP contribution in [-0.4, -0.2) is 0 Å². The van der Waals surface area contributed by atoms with E-state index in [4.69, 9.17) is 0 Å². The Labute approximate surface area is 209 Å². The number of aryl methyl sites for hydroxylation is 4. The van der Waals surface area contributed by atoms with E-state index in [1.807, 2.05) is 0 Å². The predicted molar refractivity (Wildman–Crippen MR) is 149 cm³/mol. The van der Waals surface area contributed by atoms with Gasteiger partial charge in [-0.25, -0.2) is 0 Å². The lowest BCUT2D eigenvalue weighted by Crippen LogP contribution is -2.31. The van der Waals surface area contributed by atoms with Crippen molar-refractivity contribution in [3.05, 3.63) is 166 Å². The van der Waals surface area contributed by atoms with Crippen molar-refractivity contribution in [3.8, 4) is 11.1 Å². The fourth-order valence-corrected chi connectivity index (χ4v) is 5.07. The Kier molecular flexibility index (Phi) is 6.14. The number of hydrogen-bond donors (Lipinski definition) is 0. The van der Waals surface area contributed by atoms with Gasteiger partial charge in [0.25, 0.3) is 0 Å². The molecule has 0 N–H and O–H groups in total. The summed E-state index contributed by atoms with van der Waals surface area (Å²) in [6, 6.07) is 45.1. The molecule has 5 aromatic carbocycles. The summed E-state index contributed by atoms with van der Waals surface area (Å²) in [5.74, 6) is 0. The van der Waals surface area contributed by atoms with E-state index in [9.17, 15) is 0 Å². The van der Waals surface area contributed by atoms with Crippen LogP contribution in [0.1, 0.15) is 44.5 Å². The molecule has 0 heteroatoms. The quantitative estimate of drug-likeness (QED) is 0.233. The third kappa shape index (κ3) is 4.33. The van der Waals surface area contributed by atoms with Crippen LogP contribution < -0.4 is 0 Å². The van der Waals surface area contributed by atoms with Gasteiger partial charge in [-0.15, -0.1) is 0 Å². The van der Waals surface area contributed by atoms with E-state index in [0.717, 1.165) is 0 Å². The third-order valence-corrected chi connectivity index (χ3v) is 7.16. The van der Waals surface area contributed by atoms with E-state index in [1.54, 1.807) is 0 Å². The lowest BCUT2D eigenvalue weighted by Gasteiger charge is -2.37. The van der Waals surface area contributed by atoms with Gasteiger partial charge in [0.1, 0.15) is 0 Å². The van der Waals surface area contributed by atoms with Crippen molar-refractivity contribution in [1.29, 1.82) is 0 Å². The van der Waals surface area contributed by atoms with Crippen LogP contribution in [0, 0.1) is 27.7 Å². The first-order valence-corrected chi connectivity index (χ1v) is 12.4. The van der Waals surface area contributed by atoms with Crippen molar-refractivity contribution < 1.29 is 0 Å². The second kappa shape index (κ2) is 9.39. The zero-order chi connectivity index (χ0) is 24.4. The van der Waals surface area contributed by atoms with Gasteiger partial charge >= 0.3 is 0 Å². The van der Waals surface area contributed by atoms with Gasteiger partial charge in [0.2, 0.25) is 0 Å². The minimum atomic E-state index is -0.416. The van der Waals surface area contributed by atoms with Gasteiger partial charge < -0.3 is 0 Å². The average Bonchev–Trinajstić information content (AvgIpc) is 2.88. The molecule has 0 fully saturated rings. The second-order valence-corrected chi connectivity index (χ2v) is 9.79. The normalized spacial score (nSPS) is 11.4. The number of benzene rings is 5. The fraction of sp³-hybridized carbons (Fsp3) is 0.143. The van der Waals surface area contributed by atoms with Crippen LogP contribution in [0.15, 0.2) is 121 Å². The van der Waals surface area contributed by atoms with Gasteiger partial charge in [-0.2, -0.15) is 0 Å². The summed E-state index contributed by atoms with van der Waals surface area (Å²) in [5.41, 5.74) is 12.2. The van der Waals surface area contributed by atoms with E-state index in [-0.39, 0.29) is 0 Å². The maximum absolute atomic E-state index is 2.31. The van der Waals surface area contributed by atoms with Crippen LogP contribution >= 0.6 is 0 Å². The molecule has 0 aliphatic rings. The van der Waals surface area contributed by atoms with E-state index in [0.29, 0.717) is 0 Å². The highest BCUT2D eigenvalue weighted by Gasteiger charge is 2.38. The summed E-state index contributed by atoms with van der Waals surface area (Å²) in [7, 11) is 0. The van der Waals surface area contributed by atoms with Crippen molar-refractivity contribution in [1.82, 2.24) is 0 Å². The molecule has 0 radical (unpaired) electrons. The van der Waals surface area contributed by atoms with Crippen molar-refractivity contribution in [2.45, 2.75) is 33.1 Å². The minimum Gasteiger partial charge on any atom is -0.0590 e. The molecule has 0 aromatic heterocycles. The lowest BCUT2D eigenvalue weighted by molar-refractivity contribution is 0.744. The second-order valence-electron chi connectivity index (χ2n) is 9.79. The van der Waals surface area contributed by atoms with Crippen LogP contribution in [0.3, 0.4) is 0 Å². The Morgan fingerprint density at radius 3 is 0.771 bits per heavy atom.